The highest BCUT2D eigenvalue weighted by molar-refractivity contribution is 6.31. The lowest BCUT2D eigenvalue weighted by Gasteiger charge is -2.16. The van der Waals surface area contributed by atoms with E-state index in [1.807, 2.05) is 24.5 Å². The highest BCUT2D eigenvalue weighted by Gasteiger charge is 2.27. The number of benzene rings is 2. The summed E-state index contributed by atoms with van der Waals surface area (Å²) in [5.74, 6) is -1.83. The zero-order chi connectivity index (χ0) is 21.1. The van der Waals surface area contributed by atoms with E-state index in [4.69, 9.17) is 9.84 Å². The molecule has 29 heavy (non-hydrogen) atoms. The third-order valence-corrected chi connectivity index (χ3v) is 4.32. The van der Waals surface area contributed by atoms with Gasteiger partial charge in [-0.25, -0.2) is 9.59 Å². The van der Waals surface area contributed by atoms with Gasteiger partial charge in [0.2, 0.25) is 0 Å². The molecular formula is C21H18N2O6. The van der Waals surface area contributed by atoms with Crippen molar-refractivity contribution < 1.29 is 29.0 Å². The van der Waals surface area contributed by atoms with Gasteiger partial charge in [-0.05, 0) is 66.4 Å². The second-order valence-corrected chi connectivity index (χ2v) is 6.57. The van der Waals surface area contributed by atoms with Crippen LogP contribution in [0.25, 0.3) is 6.08 Å². The zero-order valence-corrected chi connectivity index (χ0v) is 15.7. The maximum Gasteiger partial charge on any atom is 0.335 e. The average Bonchev–Trinajstić information content (AvgIpc) is 2.64. The number of nitrogens with one attached hydrogen (secondary N) is 2. The lowest BCUT2D eigenvalue weighted by atomic mass is 10.0. The van der Waals surface area contributed by atoms with Crippen LogP contribution in [0.15, 0.2) is 42.0 Å². The van der Waals surface area contributed by atoms with E-state index in [0.717, 1.165) is 16.7 Å². The van der Waals surface area contributed by atoms with Gasteiger partial charge in [-0.1, -0.05) is 12.1 Å². The quantitative estimate of drug-likeness (QED) is 0.529. The van der Waals surface area contributed by atoms with Gasteiger partial charge in [-0.2, -0.15) is 0 Å². The highest BCUT2D eigenvalue weighted by Crippen LogP contribution is 2.27. The molecule has 3 N–H and O–H groups in total. The molecule has 0 spiro atoms. The van der Waals surface area contributed by atoms with E-state index in [-0.39, 0.29) is 17.7 Å². The highest BCUT2D eigenvalue weighted by atomic mass is 16.5. The Bertz CT molecular complexity index is 1010. The smallest absolute Gasteiger partial charge is 0.335 e. The molecule has 1 fully saturated rings. The molecule has 0 aromatic heterocycles. The largest absolute Gasteiger partial charge is 0.488 e. The fourth-order valence-corrected chi connectivity index (χ4v) is 2.97. The first-order chi connectivity index (χ1) is 13.7. The average molecular weight is 394 g/mol. The van der Waals surface area contributed by atoms with Crippen LogP contribution >= 0.6 is 0 Å². The predicted octanol–water partition coefficient (Wildman–Crippen LogP) is 2.33. The van der Waals surface area contributed by atoms with Gasteiger partial charge in [-0.3, -0.25) is 20.2 Å². The van der Waals surface area contributed by atoms with Crippen LogP contribution in [0, 0.1) is 13.8 Å². The molecule has 0 bridgehead atoms. The number of amides is 4. The SMILES string of the molecule is Cc1cc(C=C2C(=O)NC(=O)NC2=O)cc(C)c1OCc1ccc(C(=O)O)cc1. The van der Waals surface area contributed by atoms with E-state index >= 15 is 0 Å². The number of barbiturate groups is 1. The monoisotopic (exact) mass is 394 g/mol. The van der Waals surface area contributed by atoms with E-state index in [2.05, 4.69) is 0 Å². The Hall–Kier alpha value is -3.94. The van der Waals surface area contributed by atoms with Gasteiger partial charge in [0.25, 0.3) is 11.8 Å². The molecule has 0 radical (unpaired) electrons. The molecular weight excluding hydrogens is 376 g/mol. The van der Waals surface area contributed by atoms with Crippen LogP contribution in [0.5, 0.6) is 5.75 Å². The van der Waals surface area contributed by atoms with Gasteiger partial charge in [-0.15, -0.1) is 0 Å². The van der Waals surface area contributed by atoms with E-state index in [1.54, 1.807) is 24.3 Å². The molecule has 3 rings (SSSR count). The third kappa shape index (κ3) is 4.49. The maximum atomic E-state index is 11.9. The van der Waals surface area contributed by atoms with Gasteiger partial charge >= 0.3 is 12.0 Å². The minimum Gasteiger partial charge on any atom is -0.488 e. The van der Waals surface area contributed by atoms with Crippen molar-refractivity contribution in [2.24, 2.45) is 0 Å². The number of carboxylic acid groups (broad SMARTS) is 1. The Morgan fingerprint density at radius 1 is 1.00 bits per heavy atom. The van der Waals surface area contributed by atoms with Gasteiger partial charge in [0.1, 0.15) is 17.9 Å². The summed E-state index contributed by atoms with van der Waals surface area (Å²) in [6.45, 7) is 3.93. The maximum absolute atomic E-state index is 11.9. The third-order valence-electron chi connectivity index (χ3n) is 4.32. The number of carboxylic acids is 1. The topological polar surface area (TPSA) is 122 Å². The molecule has 8 heteroatoms. The van der Waals surface area contributed by atoms with Crippen molar-refractivity contribution in [2.45, 2.75) is 20.5 Å². The molecule has 2 aromatic carbocycles. The summed E-state index contributed by atoms with van der Waals surface area (Å²) in [5, 5.41) is 13.0. The molecule has 0 atom stereocenters. The van der Waals surface area contributed by atoms with E-state index in [1.165, 1.54) is 18.2 Å². The van der Waals surface area contributed by atoms with E-state index in [0.29, 0.717) is 11.3 Å². The number of ether oxygens (including phenoxy) is 1. The first-order valence-electron chi connectivity index (χ1n) is 8.69. The fourth-order valence-electron chi connectivity index (χ4n) is 2.97. The Kier molecular flexibility index (Phi) is 5.45. The minimum atomic E-state index is -0.987. The summed E-state index contributed by atoms with van der Waals surface area (Å²) < 4.78 is 5.88. The number of aryl methyl sites for hydroxylation is 2. The van der Waals surface area contributed by atoms with Gasteiger partial charge in [0, 0.05) is 0 Å². The first kappa shape index (κ1) is 19.8. The summed E-state index contributed by atoms with van der Waals surface area (Å²) in [6, 6.07) is 9.09. The number of imide groups is 2. The summed E-state index contributed by atoms with van der Waals surface area (Å²) >= 11 is 0. The number of carbonyl (C=O) groups excluding carboxylic acids is 3. The normalized spacial score (nSPS) is 13.6. The van der Waals surface area contributed by atoms with Gasteiger partial charge in [0.15, 0.2) is 0 Å². The molecule has 8 nitrogen and oxygen atoms in total. The summed E-state index contributed by atoms with van der Waals surface area (Å²) in [7, 11) is 0. The van der Waals surface area contributed by atoms with Crippen molar-refractivity contribution >= 4 is 29.9 Å². The zero-order valence-electron chi connectivity index (χ0n) is 15.7. The van der Waals surface area contributed by atoms with Crippen LogP contribution in [0.4, 0.5) is 4.79 Å². The first-order valence-corrected chi connectivity index (χ1v) is 8.69. The fraction of sp³-hybridized carbons (Fsp3) is 0.143. The Morgan fingerprint density at radius 3 is 2.07 bits per heavy atom. The number of hydrogen-bond donors (Lipinski definition) is 3. The van der Waals surface area contributed by atoms with Crippen LogP contribution in [0.1, 0.15) is 32.6 Å². The van der Waals surface area contributed by atoms with Gasteiger partial charge in [0.05, 0.1) is 5.56 Å². The molecule has 1 aliphatic heterocycles. The summed E-state index contributed by atoms with van der Waals surface area (Å²) in [4.78, 5) is 45.8. The lowest BCUT2D eigenvalue weighted by molar-refractivity contribution is -0.123. The van der Waals surface area contributed by atoms with Crippen molar-refractivity contribution in [1.29, 1.82) is 0 Å². The summed E-state index contributed by atoms with van der Waals surface area (Å²) in [5.41, 5.74) is 3.08. The minimum absolute atomic E-state index is 0.157. The van der Waals surface area contributed by atoms with Crippen LogP contribution < -0.4 is 15.4 Å². The van der Waals surface area contributed by atoms with Crippen LogP contribution in [0.3, 0.4) is 0 Å². The molecule has 0 unspecified atom stereocenters. The number of urea groups is 1. The van der Waals surface area contributed by atoms with E-state index < -0.39 is 23.8 Å². The molecule has 0 aliphatic carbocycles. The second-order valence-electron chi connectivity index (χ2n) is 6.57. The number of rotatable bonds is 5. The van der Waals surface area contributed by atoms with Crippen molar-refractivity contribution in [2.75, 3.05) is 0 Å². The number of hydrogen-bond acceptors (Lipinski definition) is 5. The summed E-state index contributed by atoms with van der Waals surface area (Å²) in [6.07, 6.45) is 1.41. The van der Waals surface area contributed by atoms with Crippen LogP contribution in [-0.4, -0.2) is 28.9 Å². The lowest BCUT2D eigenvalue weighted by Crippen LogP contribution is -2.51. The molecule has 4 amide bonds. The molecule has 148 valence electrons. The van der Waals surface area contributed by atoms with Crippen molar-refractivity contribution in [3.8, 4) is 5.75 Å². The van der Waals surface area contributed by atoms with E-state index in [9.17, 15) is 19.2 Å². The Labute approximate surface area is 166 Å². The predicted molar refractivity (Wildman–Crippen MR) is 103 cm³/mol. The molecule has 1 aliphatic rings. The number of carbonyl (C=O) groups is 4. The van der Waals surface area contributed by atoms with Crippen LogP contribution in [-0.2, 0) is 16.2 Å². The standard InChI is InChI=1S/C21H18N2O6/c1-11-7-14(9-16-18(24)22-21(28)23-19(16)25)8-12(2)17(11)29-10-13-3-5-15(6-4-13)20(26)27/h3-9H,10H2,1-2H3,(H,26,27)(H2,22,23,24,25,28). The van der Waals surface area contributed by atoms with Crippen molar-refractivity contribution in [1.82, 2.24) is 10.6 Å². The van der Waals surface area contributed by atoms with Crippen molar-refractivity contribution in [3.63, 3.8) is 0 Å². The Balaban J connectivity index is 1.78. The van der Waals surface area contributed by atoms with Crippen molar-refractivity contribution in [3.05, 3.63) is 69.8 Å². The second kappa shape index (κ2) is 7.97. The Morgan fingerprint density at radius 2 is 1.55 bits per heavy atom. The van der Waals surface area contributed by atoms with Gasteiger partial charge < -0.3 is 9.84 Å². The molecule has 0 saturated carbocycles. The van der Waals surface area contributed by atoms with Crippen LogP contribution in [0.2, 0.25) is 0 Å². The molecule has 1 saturated heterocycles. The molecule has 2 aromatic rings. The molecule has 1 heterocycles. The number of aromatic carboxylic acids is 1.